The standard InChI is InChI=1S/C21H15N3O3/c25-21-19-9-5-4-8-18(19)20(14-15-6-2-1-3-7-15)22-23(21)16-10-12-17(13-11-16)24(26)27/h1-13H,14H2. The van der Waals surface area contributed by atoms with Gasteiger partial charge in [0.05, 0.1) is 21.7 Å². The summed E-state index contributed by atoms with van der Waals surface area (Å²) >= 11 is 0. The number of non-ortho nitro benzene ring substituents is 1. The van der Waals surface area contributed by atoms with E-state index in [1.807, 2.05) is 48.5 Å². The van der Waals surface area contributed by atoms with Gasteiger partial charge in [0.2, 0.25) is 0 Å². The van der Waals surface area contributed by atoms with E-state index in [2.05, 4.69) is 5.10 Å². The van der Waals surface area contributed by atoms with Crippen LogP contribution in [-0.2, 0) is 6.42 Å². The largest absolute Gasteiger partial charge is 0.279 e. The molecule has 0 unspecified atom stereocenters. The Hall–Kier alpha value is -3.80. The molecule has 0 aliphatic heterocycles. The Morgan fingerprint density at radius 1 is 0.852 bits per heavy atom. The van der Waals surface area contributed by atoms with Gasteiger partial charge >= 0.3 is 0 Å². The fourth-order valence-corrected chi connectivity index (χ4v) is 3.07. The van der Waals surface area contributed by atoms with Crippen LogP contribution in [-0.4, -0.2) is 14.7 Å². The molecular weight excluding hydrogens is 342 g/mol. The predicted molar refractivity (Wildman–Crippen MR) is 103 cm³/mol. The van der Waals surface area contributed by atoms with Crippen molar-refractivity contribution in [1.29, 1.82) is 0 Å². The maximum absolute atomic E-state index is 12.9. The normalized spacial score (nSPS) is 10.8. The smallest absolute Gasteiger partial charge is 0.267 e. The monoisotopic (exact) mass is 357 g/mol. The zero-order valence-electron chi connectivity index (χ0n) is 14.3. The molecule has 27 heavy (non-hydrogen) atoms. The molecule has 6 nitrogen and oxygen atoms in total. The second-order valence-electron chi connectivity index (χ2n) is 6.15. The molecule has 1 heterocycles. The van der Waals surface area contributed by atoms with Crippen LogP contribution in [0.1, 0.15) is 11.3 Å². The molecular formula is C21H15N3O3. The number of rotatable bonds is 4. The summed E-state index contributed by atoms with van der Waals surface area (Å²) in [6.45, 7) is 0. The SMILES string of the molecule is O=c1c2ccccc2c(Cc2ccccc2)nn1-c1ccc([N+](=O)[O-])cc1. The molecule has 0 aliphatic rings. The number of nitrogens with zero attached hydrogens (tertiary/aromatic N) is 3. The first-order chi connectivity index (χ1) is 13.1. The van der Waals surface area contributed by atoms with Crippen molar-refractivity contribution < 1.29 is 4.92 Å². The minimum atomic E-state index is -0.471. The van der Waals surface area contributed by atoms with Crippen molar-refractivity contribution in [3.8, 4) is 5.69 Å². The van der Waals surface area contributed by atoms with Crippen LogP contribution >= 0.6 is 0 Å². The molecule has 4 rings (SSSR count). The van der Waals surface area contributed by atoms with Gasteiger partial charge in [-0.25, -0.2) is 0 Å². The van der Waals surface area contributed by atoms with Crippen LogP contribution in [0.3, 0.4) is 0 Å². The quantitative estimate of drug-likeness (QED) is 0.410. The van der Waals surface area contributed by atoms with Gasteiger partial charge in [0.15, 0.2) is 0 Å². The second kappa shape index (κ2) is 6.84. The lowest BCUT2D eigenvalue weighted by Gasteiger charge is -2.11. The maximum atomic E-state index is 12.9. The topological polar surface area (TPSA) is 78.0 Å². The Kier molecular flexibility index (Phi) is 4.22. The van der Waals surface area contributed by atoms with Crippen LogP contribution in [0.4, 0.5) is 5.69 Å². The molecule has 0 spiro atoms. The van der Waals surface area contributed by atoms with Crippen LogP contribution in [0.15, 0.2) is 83.7 Å². The summed E-state index contributed by atoms with van der Waals surface area (Å²) in [5.41, 5.74) is 2.07. The Bertz CT molecular complexity index is 1180. The van der Waals surface area contributed by atoms with E-state index >= 15 is 0 Å². The highest BCUT2D eigenvalue weighted by atomic mass is 16.6. The lowest BCUT2D eigenvalue weighted by atomic mass is 10.0. The maximum Gasteiger partial charge on any atom is 0.279 e. The summed E-state index contributed by atoms with van der Waals surface area (Å²) in [6.07, 6.45) is 0.578. The number of hydrogen-bond acceptors (Lipinski definition) is 4. The van der Waals surface area contributed by atoms with Crippen LogP contribution in [0.25, 0.3) is 16.5 Å². The van der Waals surface area contributed by atoms with Crippen molar-refractivity contribution in [2.75, 3.05) is 0 Å². The van der Waals surface area contributed by atoms with E-state index in [1.54, 1.807) is 6.07 Å². The molecule has 132 valence electrons. The fourth-order valence-electron chi connectivity index (χ4n) is 3.07. The molecule has 0 saturated carbocycles. The van der Waals surface area contributed by atoms with Gasteiger partial charge in [0, 0.05) is 23.9 Å². The molecule has 0 radical (unpaired) electrons. The first-order valence-electron chi connectivity index (χ1n) is 8.43. The van der Waals surface area contributed by atoms with Crippen molar-refractivity contribution >= 4 is 16.5 Å². The molecule has 0 aliphatic carbocycles. The first kappa shape index (κ1) is 16.7. The minimum Gasteiger partial charge on any atom is -0.267 e. The zero-order chi connectivity index (χ0) is 18.8. The van der Waals surface area contributed by atoms with Crippen molar-refractivity contribution in [3.05, 3.63) is 111 Å². The van der Waals surface area contributed by atoms with Gasteiger partial charge in [-0.1, -0.05) is 48.5 Å². The molecule has 1 aromatic heterocycles. The number of hydrogen-bond donors (Lipinski definition) is 0. The highest BCUT2D eigenvalue weighted by molar-refractivity contribution is 5.84. The molecule has 0 atom stereocenters. The molecule has 0 bridgehead atoms. The Morgan fingerprint density at radius 3 is 2.15 bits per heavy atom. The van der Waals surface area contributed by atoms with E-state index in [0.717, 1.165) is 16.6 Å². The molecule has 6 heteroatoms. The Labute approximate surface area is 154 Å². The summed E-state index contributed by atoms with van der Waals surface area (Å²) in [5, 5.41) is 16.8. The predicted octanol–water partition coefficient (Wildman–Crippen LogP) is 3.88. The number of nitro benzene ring substituents is 1. The Balaban J connectivity index is 1.89. The van der Waals surface area contributed by atoms with Crippen LogP contribution < -0.4 is 5.56 Å². The summed E-state index contributed by atoms with van der Waals surface area (Å²) < 4.78 is 1.31. The van der Waals surface area contributed by atoms with E-state index in [-0.39, 0.29) is 11.2 Å². The minimum absolute atomic E-state index is 0.0305. The number of benzene rings is 3. The second-order valence-corrected chi connectivity index (χ2v) is 6.15. The van der Waals surface area contributed by atoms with Gasteiger partial charge in [-0.3, -0.25) is 14.9 Å². The van der Waals surface area contributed by atoms with Crippen molar-refractivity contribution in [1.82, 2.24) is 9.78 Å². The van der Waals surface area contributed by atoms with E-state index in [0.29, 0.717) is 17.5 Å². The van der Waals surface area contributed by atoms with Gasteiger partial charge in [0.25, 0.3) is 11.2 Å². The third kappa shape index (κ3) is 3.20. The van der Waals surface area contributed by atoms with Gasteiger partial charge in [-0.05, 0) is 23.8 Å². The van der Waals surface area contributed by atoms with Crippen molar-refractivity contribution in [3.63, 3.8) is 0 Å². The number of fused-ring (bicyclic) bond motifs is 1. The molecule has 3 aromatic carbocycles. The molecule has 0 saturated heterocycles. The van der Waals surface area contributed by atoms with E-state index in [4.69, 9.17) is 0 Å². The first-order valence-corrected chi connectivity index (χ1v) is 8.43. The van der Waals surface area contributed by atoms with E-state index in [9.17, 15) is 14.9 Å². The highest BCUT2D eigenvalue weighted by Gasteiger charge is 2.13. The van der Waals surface area contributed by atoms with Gasteiger partial charge < -0.3 is 0 Å². The van der Waals surface area contributed by atoms with Gasteiger partial charge in [0.1, 0.15) is 0 Å². The molecule has 0 N–H and O–H groups in total. The third-order valence-electron chi connectivity index (χ3n) is 4.40. The lowest BCUT2D eigenvalue weighted by molar-refractivity contribution is -0.384. The summed E-state index contributed by atoms with van der Waals surface area (Å²) in [4.78, 5) is 23.3. The third-order valence-corrected chi connectivity index (χ3v) is 4.40. The van der Waals surface area contributed by atoms with Crippen molar-refractivity contribution in [2.45, 2.75) is 6.42 Å². The van der Waals surface area contributed by atoms with Gasteiger partial charge in [-0.15, -0.1) is 0 Å². The fraction of sp³-hybridized carbons (Fsp3) is 0.0476. The molecule has 0 amide bonds. The average Bonchev–Trinajstić information content (AvgIpc) is 2.71. The van der Waals surface area contributed by atoms with Crippen molar-refractivity contribution in [2.24, 2.45) is 0 Å². The van der Waals surface area contributed by atoms with Crippen LogP contribution in [0.2, 0.25) is 0 Å². The number of nitro groups is 1. The molecule has 4 aromatic rings. The average molecular weight is 357 g/mol. The lowest BCUT2D eigenvalue weighted by Crippen LogP contribution is -2.23. The zero-order valence-corrected chi connectivity index (χ0v) is 14.3. The van der Waals surface area contributed by atoms with Gasteiger partial charge in [-0.2, -0.15) is 9.78 Å². The van der Waals surface area contributed by atoms with E-state index < -0.39 is 4.92 Å². The van der Waals surface area contributed by atoms with E-state index in [1.165, 1.54) is 28.9 Å². The Morgan fingerprint density at radius 2 is 1.48 bits per heavy atom. The van der Waals surface area contributed by atoms with Crippen LogP contribution in [0.5, 0.6) is 0 Å². The summed E-state index contributed by atoms with van der Waals surface area (Å²) in [7, 11) is 0. The summed E-state index contributed by atoms with van der Waals surface area (Å²) in [5.74, 6) is 0. The molecule has 0 fully saturated rings. The highest BCUT2D eigenvalue weighted by Crippen LogP contribution is 2.19. The summed E-state index contributed by atoms with van der Waals surface area (Å²) in [6, 6.07) is 23.1. The number of aromatic nitrogens is 2. The van der Waals surface area contributed by atoms with Crippen LogP contribution in [0, 0.1) is 10.1 Å².